The number of rotatable bonds is 25. The third kappa shape index (κ3) is 24.5. The number of phosphoric acid groups is 1. The molecule has 10 heteroatoms. The second-order valence-corrected chi connectivity index (χ2v) is 11.5. The number of hydrogen-bond donors (Lipinski definition) is 0. The van der Waals surface area contributed by atoms with E-state index in [0.717, 1.165) is 12.8 Å². The summed E-state index contributed by atoms with van der Waals surface area (Å²) in [4.78, 5) is 34.5. The summed E-state index contributed by atoms with van der Waals surface area (Å²) >= 11 is 0. The van der Waals surface area contributed by atoms with E-state index in [9.17, 15) is 19.0 Å². The summed E-state index contributed by atoms with van der Waals surface area (Å²) in [7, 11) is 1.16. The SMILES string of the molecule is CCCCCCCCCCCCCCCC(=O)O[C@H](COC=O)COP(=O)([O-])OCC[N+](C)(C)C. The number of hydrogen-bond acceptors (Lipinski definition) is 8. The number of ether oxygens (including phenoxy) is 2. The molecular weight excluding hydrogens is 473 g/mol. The molecule has 0 aromatic carbocycles. The van der Waals surface area contributed by atoms with E-state index in [1.165, 1.54) is 64.2 Å². The summed E-state index contributed by atoms with van der Waals surface area (Å²) in [5.74, 6) is -0.470. The first kappa shape index (κ1) is 34.0. The van der Waals surface area contributed by atoms with Gasteiger partial charge in [0, 0.05) is 6.42 Å². The molecule has 9 nitrogen and oxygen atoms in total. The van der Waals surface area contributed by atoms with Gasteiger partial charge in [0.2, 0.25) is 0 Å². The van der Waals surface area contributed by atoms with Crippen LogP contribution in [0.5, 0.6) is 0 Å². The molecule has 0 amide bonds. The van der Waals surface area contributed by atoms with E-state index in [-0.39, 0.29) is 26.1 Å². The van der Waals surface area contributed by atoms with Crippen molar-refractivity contribution in [3.63, 3.8) is 0 Å². The number of esters is 1. The molecule has 0 aliphatic heterocycles. The van der Waals surface area contributed by atoms with Crippen LogP contribution in [0.3, 0.4) is 0 Å². The second kappa shape index (κ2) is 21.1. The zero-order valence-electron chi connectivity index (χ0n) is 22.5. The van der Waals surface area contributed by atoms with Crippen molar-refractivity contribution in [2.24, 2.45) is 0 Å². The first-order valence-corrected chi connectivity index (χ1v) is 14.7. The molecule has 2 atom stereocenters. The lowest BCUT2D eigenvalue weighted by Gasteiger charge is -2.28. The maximum absolute atomic E-state index is 12.1. The quantitative estimate of drug-likeness (QED) is 0.0554. The summed E-state index contributed by atoms with van der Waals surface area (Å²) in [5.41, 5.74) is 0. The third-order valence-electron chi connectivity index (χ3n) is 5.56. The van der Waals surface area contributed by atoms with Crippen molar-refractivity contribution >= 4 is 20.3 Å². The maximum atomic E-state index is 12.1. The van der Waals surface area contributed by atoms with Crippen LogP contribution in [0, 0.1) is 0 Å². The highest BCUT2D eigenvalue weighted by molar-refractivity contribution is 7.45. The van der Waals surface area contributed by atoms with Gasteiger partial charge in [-0.25, -0.2) is 0 Å². The second-order valence-electron chi connectivity index (χ2n) is 10.1. The molecule has 0 fully saturated rings. The Labute approximate surface area is 213 Å². The van der Waals surface area contributed by atoms with Gasteiger partial charge < -0.3 is 27.9 Å². The molecule has 0 aromatic rings. The molecule has 0 N–H and O–H groups in total. The first-order valence-electron chi connectivity index (χ1n) is 13.2. The van der Waals surface area contributed by atoms with Gasteiger partial charge in [-0.1, -0.05) is 84.0 Å². The predicted octanol–water partition coefficient (Wildman–Crippen LogP) is 4.76. The Balaban J connectivity index is 3.97. The van der Waals surface area contributed by atoms with Crippen LogP contribution < -0.4 is 4.89 Å². The van der Waals surface area contributed by atoms with E-state index >= 15 is 0 Å². The van der Waals surface area contributed by atoms with E-state index in [1.807, 2.05) is 21.1 Å². The Morgan fingerprint density at radius 2 is 1.37 bits per heavy atom. The average molecular weight is 524 g/mol. The minimum absolute atomic E-state index is 0.0291. The molecule has 0 aliphatic rings. The molecule has 0 rings (SSSR count). The molecule has 208 valence electrons. The fraction of sp³-hybridized carbons (Fsp3) is 0.920. The zero-order valence-corrected chi connectivity index (χ0v) is 23.4. The number of phosphoric ester groups is 1. The fourth-order valence-corrected chi connectivity index (χ4v) is 4.16. The van der Waals surface area contributed by atoms with Crippen LogP contribution in [0.25, 0.3) is 0 Å². The van der Waals surface area contributed by atoms with Gasteiger partial charge in [-0.15, -0.1) is 0 Å². The average Bonchev–Trinajstić information content (AvgIpc) is 2.77. The van der Waals surface area contributed by atoms with Gasteiger partial charge >= 0.3 is 5.97 Å². The Hall–Kier alpha value is -0.990. The molecule has 0 heterocycles. The van der Waals surface area contributed by atoms with Crippen molar-refractivity contribution in [2.45, 2.75) is 103 Å². The van der Waals surface area contributed by atoms with Gasteiger partial charge in [0.1, 0.15) is 19.8 Å². The third-order valence-corrected chi connectivity index (χ3v) is 6.53. The topological polar surface area (TPSA) is 111 Å². The van der Waals surface area contributed by atoms with Crippen LogP contribution >= 0.6 is 7.82 Å². The summed E-state index contributed by atoms with van der Waals surface area (Å²) in [5, 5.41) is 0. The predicted molar refractivity (Wildman–Crippen MR) is 135 cm³/mol. The summed E-state index contributed by atoms with van der Waals surface area (Å²) in [6.07, 6.45) is 15.0. The highest BCUT2D eigenvalue weighted by atomic mass is 31.2. The van der Waals surface area contributed by atoms with Gasteiger partial charge in [-0.3, -0.25) is 14.2 Å². The Morgan fingerprint density at radius 3 is 1.86 bits per heavy atom. The van der Waals surface area contributed by atoms with Gasteiger partial charge in [-0.05, 0) is 6.42 Å². The van der Waals surface area contributed by atoms with Crippen LogP contribution in [0.4, 0.5) is 0 Å². The molecule has 0 aliphatic carbocycles. The normalized spacial score (nSPS) is 14.3. The fourth-order valence-electron chi connectivity index (χ4n) is 3.43. The molecule has 0 aromatic heterocycles. The van der Waals surface area contributed by atoms with E-state index in [1.54, 1.807) is 0 Å². The summed E-state index contributed by atoms with van der Waals surface area (Å²) in [6.45, 7) is 2.14. The molecule has 0 bridgehead atoms. The minimum Gasteiger partial charge on any atom is -0.756 e. The lowest BCUT2D eigenvalue weighted by atomic mass is 10.0. The largest absolute Gasteiger partial charge is 0.756 e. The van der Waals surface area contributed by atoms with Gasteiger partial charge in [0.05, 0.1) is 27.7 Å². The highest BCUT2D eigenvalue weighted by Crippen LogP contribution is 2.38. The Morgan fingerprint density at radius 1 is 0.857 bits per heavy atom. The molecule has 35 heavy (non-hydrogen) atoms. The summed E-state index contributed by atoms with van der Waals surface area (Å²) < 4.78 is 32.0. The molecule has 0 saturated carbocycles. The molecule has 0 radical (unpaired) electrons. The highest BCUT2D eigenvalue weighted by Gasteiger charge is 2.20. The molecule has 0 spiro atoms. The number of nitrogens with zero attached hydrogens (tertiary/aromatic N) is 1. The van der Waals surface area contributed by atoms with Crippen molar-refractivity contribution in [1.29, 1.82) is 0 Å². The smallest absolute Gasteiger partial charge is 0.306 e. The standard InChI is InChI=1S/C25H50NO8P/c1-5-6-7-8-9-10-11-12-13-14-15-16-17-18-25(28)34-24(21-31-23-27)22-33-35(29,30)32-20-19-26(2,3)4/h23-24H,5-22H2,1-4H3/t24-/m1/s1. The number of likely N-dealkylation sites (N-methyl/N-ethyl adjacent to an activating group) is 1. The lowest BCUT2D eigenvalue weighted by molar-refractivity contribution is -0.870. The molecule has 0 saturated heterocycles. The zero-order chi connectivity index (χ0) is 26.4. The van der Waals surface area contributed by atoms with E-state index in [2.05, 4.69) is 11.7 Å². The van der Waals surface area contributed by atoms with Gasteiger partial charge in [0.15, 0.2) is 6.10 Å². The molecule has 1 unspecified atom stereocenters. The number of carbonyl (C=O) groups excluding carboxylic acids is 2. The Kier molecular flexibility index (Phi) is 20.5. The lowest BCUT2D eigenvalue weighted by Crippen LogP contribution is -2.37. The van der Waals surface area contributed by atoms with Crippen molar-refractivity contribution in [2.75, 3.05) is 47.5 Å². The maximum Gasteiger partial charge on any atom is 0.306 e. The van der Waals surface area contributed by atoms with Crippen LogP contribution in [0.1, 0.15) is 96.8 Å². The van der Waals surface area contributed by atoms with E-state index < -0.39 is 26.5 Å². The van der Waals surface area contributed by atoms with Crippen molar-refractivity contribution in [1.82, 2.24) is 0 Å². The van der Waals surface area contributed by atoms with Crippen LogP contribution in [0.15, 0.2) is 0 Å². The van der Waals surface area contributed by atoms with Crippen molar-refractivity contribution in [3.05, 3.63) is 0 Å². The van der Waals surface area contributed by atoms with Gasteiger partial charge in [0.25, 0.3) is 14.3 Å². The Bertz CT molecular complexity index is 582. The van der Waals surface area contributed by atoms with E-state index in [4.69, 9.17) is 13.8 Å². The number of quaternary nitrogens is 1. The van der Waals surface area contributed by atoms with Crippen molar-refractivity contribution < 1.29 is 42.1 Å². The first-order chi connectivity index (χ1) is 16.6. The van der Waals surface area contributed by atoms with Crippen LogP contribution in [-0.4, -0.2) is 70.5 Å². The van der Waals surface area contributed by atoms with Crippen molar-refractivity contribution in [3.8, 4) is 0 Å². The number of carbonyl (C=O) groups is 2. The van der Waals surface area contributed by atoms with Crippen LogP contribution in [-0.2, 0) is 32.7 Å². The minimum atomic E-state index is -4.55. The monoisotopic (exact) mass is 523 g/mol. The van der Waals surface area contributed by atoms with Crippen LogP contribution in [0.2, 0.25) is 0 Å². The summed E-state index contributed by atoms with van der Waals surface area (Å²) in [6, 6.07) is 0. The molecular formula is C25H50NO8P. The number of unbranched alkanes of at least 4 members (excludes halogenated alkanes) is 12. The van der Waals surface area contributed by atoms with Gasteiger partial charge in [-0.2, -0.15) is 0 Å². The van der Waals surface area contributed by atoms with E-state index in [0.29, 0.717) is 17.4 Å².